The van der Waals surface area contributed by atoms with E-state index in [9.17, 15) is 31.2 Å². The second kappa shape index (κ2) is 15.3. The van der Waals surface area contributed by atoms with Gasteiger partial charge in [-0.3, -0.25) is 13.9 Å². The van der Waals surface area contributed by atoms with Crippen molar-refractivity contribution in [2.45, 2.75) is 63.3 Å². The third-order valence-electron chi connectivity index (χ3n) is 7.82. The molecule has 0 bridgehead atoms. The fourth-order valence-corrected chi connectivity index (χ4v) is 6.40. The van der Waals surface area contributed by atoms with Gasteiger partial charge in [-0.25, -0.2) is 8.42 Å². The summed E-state index contributed by atoms with van der Waals surface area (Å²) in [6.45, 7) is 4.75. The highest BCUT2D eigenvalue weighted by Crippen LogP contribution is 2.33. The van der Waals surface area contributed by atoms with Crippen molar-refractivity contribution >= 4 is 27.5 Å². The minimum atomic E-state index is -4.76. The van der Waals surface area contributed by atoms with Gasteiger partial charge in [0.15, 0.2) is 0 Å². The molecule has 2 amide bonds. The van der Waals surface area contributed by atoms with Gasteiger partial charge in [-0.05, 0) is 61.7 Å². The normalized spacial score (nSPS) is 13.0. The molecular formula is C36H38F3N3O4S. The Balaban J connectivity index is 1.84. The van der Waals surface area contributed by atoms with Gasteiger partial charge in [0, 0.05) is 19.0 Å². The molecule has 0 saturated heterocycles. The van der Waals surface area contributed by atoms with E-state index in [0.717, 1.165) is 23.3 Å². The number of nitrogens with one attached hydrogen (secondary N) is 1. The molecule has 248 valence electrons. The number of carbonyl (C=O) groups is 2. The van der Waals surface area contributed by atoms with E-state index >= 15 is 0 Å². The van der Waals surface area contributed by atoms with E-state index in [4.69, 9.17) is 0 Å². The maximum absolute atomic E-state index is 14.5. The van der Waals surface area contributed by atoms with Gasteiger partial charge in [0.05, 0.1) is 16.1 Å². The lowest BCUT2D eigenvalue weighted by atomic mass is 10.0. The van der Waals surface area contributed by atoms with Crippen LogP contribution in [0, 0.1) is 6.92 Å². The fourth-order valence-electron chi connectivity index (χ4n) is 4.97. The lowest BCUT2D eigenvalue weighted by molar-refractivity contribution is -0.140. The summed E-state index contributed by atoms with van der Waals surface area (Å²) in [6.07, 6.45) is -4.00. The highest BCUT2D eigenvalue weighted by molar-refractivity contribution is 7.92. The van der Waals surface area contributed by atoms with Gasteiger partial charge < -0.3 is 10.2 Å². The van der Waals surface area contributed by atoms with Crippen LogP contribution in [0.3, 0.4) is 0 Å². The van der Waals surface area contributed by atoms with Crippen molar-refractivity contribution in [3.8, 4) is 0 Å². The number of rotatable bonds is 13. The third-order valence-corrected chi connectivity index (χ3v) is 9.61. The fraction of sp³-hybridized carbons (Fsp3) is 0.278. The van der Waals surface area contributed by atoms with Crippen LogP contribution in [-0.4, -0.2) is 43.8 Å². The van der Waals surface area contributed by atoms with Crippen molar-refractivity contribution in [3.05, 3.63) is 131 Å². The average molecular weight is 666 g/mol. The van der Waals surface area contributed by atoms with Crippen molar-refractivity contribution < 1.29 is 31.2 Å². The largest absolute Gasteiger partial charge is 0.416 e. The summed E-state index contributed by atoms with van der Waals surface area (Å²) < 4.78 is 70.0. The van der Waals surface area contributed by atoms with E-state index in [-0.39, 0.29) is 29.6 Å². The number of nitrogens with zero attached hydrogens (tertiary/aromatic N) is 2. The first-order valence-electron chi connectivity index (χ1n) is 15.2. The first kappa shape index (κ1) is 35.2. The number of carbonyl (C=O) groups excluding carboxylic acids is 2. The number of hydrogen-bond acceptors (Lipinski definition) is 4. The van der Waals surface area contributed by atoms with E-state index < -0.39 is 46.2 Å². The molecule has 0 heterocycles. The highest BCUT2D eigenvalue weighted by atomic mass is 32.2. The Morgan fingerprint density at radius 3 is 2.04 bits per heavy atom. The summed E-state index contributed by atoms with van der Waals surface area (Å²) in [5.74, 6) is -1.19. The molecule has 47 heavy (non-hydrogen) atoms. The Hall–Kier alpha value is -4.64. The topological polar surface area (TPSA) is 86.8 Å². The number of aryl methyl sites for hydroxylation is 1. The van der Waals surface area contributed by atoms with Gasteiger partial charge in [0.25, 0.3) is 10.0 Å². The summed E-state index contributed by atoms with van der Waals surface area (Å²) >= 11 is 0. The molecule has 0 spiro atoms. The van der Waals surface area contributed by atoms with Gasteiger partial charge in [0.1, 0.15) is 12.6 Å². The molecule has 0 aliphatic heterocycles. The molecule has 4 rings (SSSR count). The number of anilines is 1. The minimum Gasteiger partial charge on any atom is -0.352 e. The van der Waals surface area contributed by atoms with Gasteiger partial charge in [-0.2, -0.15) is 13.2 Å². The second-order valence-electron chi connectivity index (χ2n) is 11.4. The predicted octanol–water partition coefficient (Wildman–Crippen LogP) is 6.76. The van der Waals surface area contributed by atoms with Crippen molar-refractivity contribution in [3.63, 3.8) is 0 Å². The highest BCUT2D eigenvalue weighted by Gasteiger charge is 2.36. The molecule has 0 saturated carbocycles. The molecule has 0 radical (unpaired) electrons. The molecule has 0 aromatic heterocycles. The van der Waals surface area contributed by atoms with Crippen LogP contribution < -0.4 is 9.62 Å². The maximum Gasteiger partial charge on any atom is 0.416 e. The number of alkyl halides is 3. The second-order valence-corrected chi connectivity index (χ2v) is 13.3. The third kappa shape index (κ3) is 9.22. The van der Waals surface area contributed by atoms with E-state index in [2.05, 4.69) is 5.32 Å². The van der Waals surface area contributed by atoms with E-state index in [1.165, 1.54) is 35.2 Å². The Kier molecular flexibility index (Phi) is 11.5. The van der Waals surface area contributed by atoms with Crippen LogP contribution in [0.4, 0.5) is 18.9 Å². The van der Waals surface area contributed by atoms with E-state index in [1.54, 1.807) is 6.07 Å². The number of amides is 2. The molecule has 1 N–H and O–H groups in total. The van der Waals surface area contributed by atoms with Crippen LogP contribution in [0.2, 0.25) is 0 Å². The molecule has 4 aromatic carbocycles. The summed E-state index contributed by atoms with van der Waals surface area (Å²) in [5.41, 5.74) is 1.03. The van der Waals surface area contributed by atoms with Gasteiger partial charge in [-0.1, -0.05) is 91.3 Å². The SMILES string of the molecule is CCC(C)NC(=O)C(Cc1ccccc1)N(Cc1ccc(C)cc1)C(=O)CN(c1cccc(C(F)(F)F)c1)S(=O)(=O)c1ccccc1. The standard InChI is InChI=1S/C36H38F3N3O4S/c1-4-27(3)40-35(44)33(22-28-12-7-5-8-13-28)41(24-29-20-18-26(2)19-21-29)34(43)25-42(47(45,46)32-16-9-6-10-17-32)31-15-11-14-30(23-31)36(37,38)39/h5-21,23,27,33H,4,22,24-25H2,1-3H3,(H,40,44). The minimum absolute atomic E-state index is 0.0493. The molecule has 7 nitrogen and oxygen atoms in total. The van der Waals surface area contributed by atoms with E-state index in [1.807, 2.05) is 75.4 Å². The molecular weight excluding hydrogens is 627 g/mol. The van der Waals surface area contributed by atoms with Crippen molar-refractivity contribution in [1.82, 2.24) is 10.2 Å². The number of benzene rings is 4. The zero-order chi connectivity index (χ0) is 34.2. The monoisotopic (exact) mass is 665 g/mol. The average Bonchev–Trinajstić information content (AvgIpc) is 3.06. The molecule has 2 atom stereocenters. The summed E-state index contributed by atoms with van der Waals surface area (Å²) in [4.78, 5) is 29.5. The van der Waals surface area contributed by atoms with Crippen molar-refractivity contribution in [1.29, 1.82) is 0 Å². The Labute approximate surface area is 274 Å². The molecule has 0 aliphatic rings. The first-order valence-corrected chi connectivity index (χ1v) is 16.7. The van der Waals surface area contributed by atoms with Crippen LogP contribution in [-0.2, 0) is 38.8 Å². The molecule has 4 aromatic rings. The molecule has 2 unspecified atom stereocenters. The Morgan fingerprint density at radius 1 is 0.830 bits per heavy atom. The van der Waals surface area contributed by atoms with Gasteiger partial charge >= 0.3 is 6.18 Å². The first-order chi connectivity index (χ1) is 22.3. The van der Waals surface area contributed by atoms with E-state index in [0.29, 0.717) is 22.4 Å². The lowest BCUT2D eigenvalue weighted by Crippen LogP contribution is -2.54. The Bertz CT molecular complexity index is 1750. The van der Waals surface area contributed by atoms with Crippen molar-refractivity contribution in [2.24, 2.45) is 0 Å². The predicted molar refractivity (Wildman–Crippen MR) is 176 cm³/mol. The summed E-state index contributed by atoms with van der Waals surface area (Å²) in [6, 6.07) is 26.2. The van der Waals surface area contributed by atoms with Crippen LogP contribution in [0.25, 0.3) is 0 Å². The number of hydrogen-bond donors (Lipinski definition) is 1. The van der Waals surface area contributed by atoms with Gasteiger partial charge in [-0.15, -0.1) is 0 Å². The van der Waals surface area contributed by atoms with Crippen molar-refractivity contribution in [2.75, 3.05) is 10.8 Å². The molecule has 0 fully saturated rings. The smallest absolute Gasteiger partial charge is 0.352 e. The molecule has 11 heteroatoms. The van der Waals surface area contributed by atoms with Crippen LogP contribution >= 0.6 is 0 Å². The zero-order valence-corrected chi connectivity index (χ0v) is 27.3. The van der Waals surface area contributed by atoms with Crippen LogP contribution in [0.15, 0.2) is 114 Å². The number of sulfonamides is 1. The summed E-state index contributed by atoms with van der Waals surface area (Å²) in [5, 5.41) is 2.96. The van der Waals surface area contributed by atoms with Crippen LogP contribution in [0.1, 0.15) is 42.5 Å². The number of halogens is 3. The summed E-state index contributed by atoms with van der Waals surface area (Å²) in [7, 11) is -4.53. The quantitative estimate of drug-likeness (QED) is 0.171. The Morgan fingerprint density at radius 2 is 1.45 bits per heavy atom. The van der Waals surface area contributed by atoms with Gasteiger partial charge in [0.2, 0.25) is 11.8 Å². The maximum atomic E-state index is 14.5. The molecule has 0 aliphatic carbocycles. The zero-order valence-electron chi connectivity index (χ0n) is 26.4. The van der Waals surface area contributed by atoms with Crippen LogP contribution in [0.5, 0.6) is 0 Å². The lowest BCUT2D eigenvalue weighted by Gasteiger charge is -2.34.